The topological polar surface area (TPSA) is 845 Å². The van der Waals surface area contributed by atoms with Crippen LogP contribution in [0.4, 0.5) is 22.4 Å². The summed E-state index contributed by atoms with van der Waals surface area (Å²) in [6.07, 6.45) is -18.6. The molecule has 0 aromatic carbocycles. The van der Waals surface area contributed by atoms with Gasteiger partial charge >= 0.3 is 17.4 Å². The van der Waals surface area contributed by atoms with Crippen LogP contribution in [0, 0.1) is 5.92 Å². The number of nitrogens with zero attached hydrogens (tertiary/aromatic N) is 11. The van der Waals surface area contributed by atoms with Gasteiger partial charge in [-0.3, -0.25) is 47.9 Å². The number of nitrogen functional groups attached to an aromatic ring is 3. The van der Waals surface area contributed by atoms with Gasteiger partial charge in [-0.15, -0.1) is 0 Å². The lowest BCUT2D eigenvalue weighted by Crippen LogP contribution is -2.48. The van der Waals surface area contributed by atoms with Gasteiger partial charge in [0, 0.05) is 24.7 Å². The van der Waals surface area contributed by atoms with Crippen molar-refractivity contribution < 1.29 is 156 Å². The highest BCUT2D eigenvalue weighted by atomic mass is 32.5. The minimum Gasteiger partial charge on any atom is -0.780 e. The summed E-state index contributed by atoms with van der Waals surface area (Å²) >= 11 is 20.9. The van der Waals surface area contributed by atoms with E-state index in [-0.39, 0.29) is 65.9 Å². The summed E-state index contributed by atoms with van der Waals surface area (Å²) in [4.78, 5) is 198. The van der Waals surface area contributed by atoms with Crippen molar-refractivity contribution in [3.8, 4) is 0 Å². The van der Waals surface area contributed by atoms with Gasteiger partial charge in [-0.05, 0) is 6.07 Å². The largest absolute Gasteiger partial charge is 0.780 e. The van der Waals surface area contributed by atoms with Gasteiger partial charge in [-0.1, -0.05) is 96.2 Å². The summed E-state index contributed by atoms with van der Waals surface area (Å²) in [5.74, 6) is -1.81. The predicted molar refractivity (Wildman–Crippen MR) is 402 cm³/mol. The van der Waals surface area contributed by atoms with Crippen molar-refractivity contribution in [3.05, 3.63) is 85.2 Å². The third kappa shape index (κ3) is 27.6. The molecule has 0 bridgehead atoms. The summed E-state index contributed by atoms with van der Waals surface area (Å²) in [6.45, 7) is -23.4. The molecule has 6 aliphatic heterocycles. The molecule has 652 valence electrons. The van der Waals surface area contributed by atoms with E-state index in [0.717, 1.165) is 27.6 Å². The number of H-pyrrole nitrogens is 2. The minimum atomic E-state index is -4.18. The summed E-state index contributed by atoms with van der Waals surface area (Å²) < 4.78 is 53.6. The SMILES string of the molecule is C.C.C.C.C.Nc1ccn([C@@H]2O[C@H](COP([O-])(O)=S)[C@H](O)C2O)c(=O)n1.Nc1nc2c(ncn2[C@@H]2O[C@H](COP([O-])(O)=S)[C@H](O)C2O)c(=O)[nH]1.Nc1ncnc2c1ncn2[C@@H]1O[C@H](COP([O-])(O)=S)[C@H](O)C1O.O=C1N=CC([C@@H]2O[C@H](COP([O-])(O)=S)[C@H](O)C2O)C(=O)N1.O=c1ccn([C@@H]2O[C@H](COP([O-])(O)=S)[C@H](O)C2O)c(=O)[nH]1. The van der Waals surface area contributed by atoms with Gasteiger partial charge in [0.25, 0.3) is 11.1 Å². The Morgan fingerprint density at radius 2 is 0.835 bits per heavy atom. The molecule has 0 radical (unpaired) electrons. The first-order chi connectivity index (χ1) is 51.0. The van der Waals surface area contributed by atoms with E-state index in [1.807, 2.05) is 10.3 Å². The van der Waals surface area contributed by atoms with Crippen LogP contribution in [0.25, 0.3) is 22.3 Å². The molecule has 53 nitrogen and oxygen atoms in total. The lowest BCUT2D eigenvalue weighted by molar-refractivity contribution is -0.205. The molecular formula is C52H83N17O36P5S5-5. The van der Waals surface area contributed by atoms with E-state index in [2.05, 4.69) is 122 Å². The summed E-state index contributed by atoms with van der Waals surface area (Å²) in [7, 11) is 0. The average molecular weight is 1840 g/mol. The first-order valence-electron chi connectivity index (χ1n) is 30.2. The fourth-order valence-electron chi connectivity index (χ4n) is 10.5. The van der Waals surface area contributed by atoms with Gasteiger partial charge in [0.15, 0.2) is 47.5 Å². The Morgan fingerprint density at radius 1 is 0.461 bits per heavy atom. The van der Waals surface area contributed by atoms with Crippen LogP contribution in [0.3, 0.4) is 0 Å². The first kappa shape index (κ1) is 104. The monoisotopic (exact) mass is 1840 g/mol. The predicted octanol–water partition coefficient (Wildman–Crippen LogP) is -11.5. The molecule has 12 rings (SSSR count). The van der Waals surface area contributed by atoms with Gasteiger partial charge in [0.2, 0.25) is 11.9 Å². The van der Waals surface area contributed by atoms with Crippen LogP contribution >= 0.6 is 33.6 Å². The molecule has 3 amide bonds. The molecule has 0 spiro atoms. The highest BCUT2D eigenvalue weighted by Crippen LogP contribution is 2.41. The molecule has 0 aliphatic carbocycles. The average Bonchev–Trinajstić information content (AvgIpc) is 1.63. The molecule has 115 heavy (non-hydrogen) atoms. The van der Waals surface area contributed by atoms with Crippen LogP contribution in [0.1, 0.15) is 62.0 Å². The van der Waals surface area contributed by atoms with Crippen LogP contribution in [0.2, 0.25) is 0 Å². The Morgan fingerprint density at radius 3 is 1.23 bits per heavy atom. The minimum absolute atomic E-state index is 0. The maximum absolute atomic E-state index is 11.8. The zero-order chi connectivity index (χ0) is 81.8. The van der Waals surface area contributed by atoms with Gasteiger partial charge in [0.1, 0.15) is 155 Å². The van der Waals surface area contributed by atoms with Gasteiger partial charge < -0.3 is 164 Å². The fraction of sp³-hybridized carbons (Fsp3) is 0.596. The number of aliphatic hydroxyl groups excluding tert-OH is 10. The first-order valence-corrected chi connectivity index (χ1v) is 43.2. The number of ether oxygens (including phenoxy) is 5. The second kappa shape index (κ2) is 42.8. The van der Waals surface area contributed by atoms with E-state index >= 15 is 0 Å². The number of rotatable bonds is 20. The molecule has 24 N–H and O–H groups in total. The number of urea groups is 1. The zero-order valence-corrected chi connectivity index (χ0v) is 63.0. The number of carbonyl (C=O) groups is 2. The molecule has 6 aromatic heterocycles. The zero-order valence-electron chi connectivity index (χ0n) is 54.5. The number of amides is 3. The number of hydrogen-bond donors (Lipinski definition) is 21. The number of fused-ring (bicyclic) bond motifs is 2. The Balaban J connectivity index is 0.000000368. The number of hydrogen-bond acceptors (Lipinski definition) is 45. The van der Waals surface area contributed by atoms with E-state index in [1.165, 1.54) is 40.4 Å². The standard InChI is InChI=1S/C10H14N5O7PS.C10H14N5O6PS.C9H14N3O7PS.2C9H13N2O8PS.5CH4/c11-10-13-7-4(8(18)14-10)12-2-15(7)9-6(17)5(16)3(22-9)1-21-23(19,20)24;11-8-5-9(13-2-12-8)15(3-14-5)10-7(17)6(16)4(21-10)1-20-22(18,19)23;10-5-1-2-12(9(15)11-5)8-7(14)6(13)4(19-8)3-18-20(16,17)21;12-5-4(2-18-20(16,17)21)19-7(6(5)13)3-1-10-9(15)11-8(3)14;12-5-1-2-11(9(15)10-5)8-7(14)6(13)4(19-8)3-18-20(16,17)21;;;;;/h2-3,5-6,9,16-17H,1H2,(H2,19,20,24)(H3,11,13,14,18);2-4,6-7,10,16-17H,1H2,(H2,11,12,13)(H2,18,19,23);1-2,4,6-8,13-14H,3H2,(H2,10,11,15)(H2,16,17,21);1,3-7,12-13H,2H2,(H,11,14,15)(H2,16,17,21);1-2,4,6-8,13-14H,3H2,(H,10,12,15)(H2,16,17,21);5*1H4/p-5/t3-,5+,6?,9-;4-,6+,7?,10-;4-,6+,7?,8-;3?,4-,5+,6?,7+;4-,6+,7?,8-;;;;;/m11111...../s1. The molecular weight excluding hydrogens is 1750 g/mol. The number of aromatic nitrogens is 12. The second-order valence-electron chi connectivity index (χ2n) is 23.1. The Kier molecular flexibility index (Phi) is 38.7. The molecule has 63 heteroatoms. The molecule has 5 saturated heterocycles. The highest BCUT2D eigenvalue weighted by Gasteiger charge is 2.51. The Bertz CT molecular complexity index is 4800. The number of aromatic amines is 2. The number of anilines is 3. The number of aliphatic hydroxyl groups is 10. The highest BCUT2D eigenvalue weighted by molar-refractivity contribution is 8.07. The third-order valence-electron chi connectivity index (χ3n) is 15.6. The second-order valence-corrected chi connectivity index (χ2v) is 36.0. The molecule has 5 fully saturated rings. The third-order valence-corrected chi connectivity index (χ3v) is 19.6. The van der Waals surface area contributed by atoms with E-state index in [1.54, 1.807) is 0 Å². The maximum atomic E-state index is 11.8. The Hall–Kier alpha value is -5.28. The summed E-state index contributed by atoms with van der Waals surface area (Å²) in [6, 6.07) is 1.52. The van der Waals surface area contributed by atoms with Crippen molar-refractivity contribution in [1.29, 1.82) is 0 Å². The van der Waals surface area contributed by atoms with Crippen molar-refractivity contribution in [1.82, 2.24) is 63.5 Å². The smallest absolute Gasteiger partial charge is 0.351 e. The van der Waals surface area contributed by atoms with Crippen LogP contribution in [-0.2, 0) is 110 Å². The van der Waals surface area contributed by atoms with Crippen molar-refractivity contribution in [2.75, 3.05) is 50.2 Å². The van der Waals surface area contributed by atoms with Crippen LogP contribution in [0.15, 0.2) is 67.7 Å². The van der Waals surface area contributed by atoms with Gasteiger partial charge in [-0.25, -0.2) is 39.3 Å². The molecule has 11 unspecified atom stereocenters. The molecule has 12 heterocycles. The lowest BCUT2D eigenvalue weighted by Gasteiger charge is -2.24. The number of nitrogens with one attached hydrogen (secondary N) is 3. The number of carbonyl (C=O) groups excluding carboxylic acids is 2. The van der Waals surface area contributed by atoms with E-state index in [0.29, 0.717) is 11.2 Å². The number of nitrogens with two attached hydrogens (primary N) is 3. The van der Waals surface area contributed by atoms with Gasteiger partial charge in [-0.2, -0.15) is 9.97 Å². The van der Waals surface area contributed by atoms with Gasteiger partial charge in [0.05, 0.1) is 45.7 Å². The summed E-state index contributed by atoms with van der Waals surface area (Å²) in [5, 5.41) is 101. The van der Waals surface area contributed by atoms with E-state index in [9.17, 15) is 104 Å². The van der Waals surface area contributed by atoms with E-state index < -0.39 is 230 Å². The summed E-state index contributed by atoms with van der Waals surface area (Å²) in [5.41, 5.74) is 14.4. The van der Waals surface area contributed by atoms with Crippen molar-refractivity contribution >= 4 is 151 Å². The lowest BCUT2D eigenvalue weighted by atomic mass is 9.95. The number of imide groups is 1. The number of aliphatic imine (C=N–C) groups is 1. The van der Waals surface area contributed by atoms with Crippen molar-refractivity contribution in [2.24, 2.45) is 10.9 Å². The van der Waals surface area contributed by atoms with Crippen molar-refractivity contribution in [3.63, 3.8) is 0 Å². The number of imidazole rings is 2. The normalized spacial score (nSPS) is 31.2. The molecule has 6 aromatic rings. The maximum Gasteiger partial charge on any atom is 0.351 e. The van der Waals surface area contributed by atoms with Crippen molar-refractivity contribution in [2.45, 2.75) is 160 Å². The molecule has 0 saturated carbocycles. The van der Waals surface area contributed by atoms with Crippen LogP contribution in [0.5, 0.6) is 0 Å². The molecule has 26 atom stereocenters. The van der Waals surface area contributed by atoms with Crippen LogP contribution in [-0.4, -0.2) is 283 Å². The van der Waals surface area contributed by atoms with Crippen LogP contribution < -0.4 is 69.5 Å². The molecule has 6 aliphatic rings. The Labute approximate surface area is 672 Å². The fourth-order valence-corrected chi connectivity index (χ4v) is 13.1. The van der Waals surface area contributed by atoms with E-state index in [4.69, 9.17) is 65.4 Å². The quantitative estimate of drug-likeness (QED) is 0.0316.